The minimum absolute atomic E-state index is 0.530. The molecule has 28 heavy (non-hydrogen) atoms. The van der Waals surface area contributed by atoms with Crippen molar-refractivity contribution in [3.8, 4) is 11.4 Å². The molecule has 3 aromatic rings. The Hall–Kier alpha value is -2.41. The van der Waals surface area contributed by atoms with Crippen LogP contribution in [0.25, 0.3) is 11.4 Å². The molecule has 0 saturated heterocycles. The monoisotopic (exact) mass is 416 g/mol. The lowest BCUT2D eigenvalue weighted by Gasteiger charge is -2.13. The first-order chi connectivity index (χ1) is 13.5. The molecule has 0 aliphatic carbocycles. The summed E-state index contributed by atoms with van der Waals surface area (Å²) in [6.45, 7) is 1.75. The highest BCUT2D eigenvalue weighted by molar-refractivity contribution is 6.35. The van der Waals surface area contributed by atoms with Gasteiger partial charge in [-0.05, 0) is 57.4 Å². The van der Waals surface area contributed by atoms with Crippen molar-refractivity contribution < 1.29 is 0 Å². The normalized spacial score (nSPS) is 10.9. The molecule has 0 aliphatic heterocycles. The third-order valence-corrected chi connectivity index (χ3v) is 4.47. The lowest BCUT2D eigenvalue weighted by atomic mass is 10.2. The summed E-state index contributed by atoms with van der Waals surface area (Å²) >= 11 is 12.4. The smallest absolute Gasteiger partial charge is 0.225 e. The molecule has 0 amide bonds. The molecule has 0 spiro atoms. The summed E-state index contributed by atoms with van der Waals surface area (Å²) in [6.07, 6.45) is 2.72. The van der Waals surface area contributed by atoms with E-state index in [0.29, 0.717) is 33.2 Å². The summed E-state index contributed by atoms with van der Waals surface area (Å²) < 4.78 is 0. The molecule has 146 valence electrons. The van der Waals surface area contributed by atoms with Gasteiger partial charge in [-0.15, -0.1) is 0 Å². The van der Waals surface area contributed by atoms with Crippen LogP contribution in [0.3, 0.4) is 0 Å². The SMILES string of the molecule is CN(C)CCCNc1nc(Nc2cc(Cl)ccc2Cl)cc(-c2ccccn2)n1. The molecular formula is C20H22Cl2N6. The molecule has 0 saturated carbocycles. The van der Waals surface area contributed by atoms with E-state index < -0.39 is 0 Å². The summed E-state index contributed by atoms with van der Waals surface area (Å²) in [5.74, 6) is 1.14. The predicted octanol–water partition coefficient (Wildman–Crippen LogP) is 4.95. The molecule has 1 aromatic carbocycles. The second kappa shape index (κ2) is 9.68. The summed E-state index contributed by atoms with van der Waals surface area (Å²) in [4.78, 5) is 15.7. The second-order valence-corrected chi connectivity index (χ2v) is 7.35. The van der Waals surface area contributed by atoms with Crippen LogP contribution < -0.4 is 10.6 Å². The minimum Gasteiger partial charge on any atom is -0.354 e. The van der Waals surface area contributed by atoms with Gasteiger partial charge in [-0.25, -0.2) is 4.98 Å². The number of halogens is 2. The summed E-state index contributed by atoms with van der Waals surface area (Å²) in [5, 5.41) is 7.66. The molecule has 2 N–H and O–H groups in total. The number of anilines is 3. The lowest BCUT2D eigenvalue weighted by molar-refractivity contribution is 0.405. The Bertz CT molecular complexity index is 918. The van der Waals surface area contributed by atoms with Crippen molar-refractivity contribution in [3.63, 3.8) is 0 Å². The van der Waals surface area contributed by atoms with Gasteiger partial charge in [0.1, 0.15) is 5.82 Å². The highest BCUT2D eigenvalue weighted by Crippen LogP contribution is 2.29. The predicted molar refractivity (Wildman–Crippen MR) is 117 cm³/mol. The van der Waals surface area contributed by atoms with Crippen molar-refractivity contribution in [2.24, 2.45) is 0 Å². The van der Waals surface area contributed by atoms with Crippen molar-refractivity contribution in [3.05, 3.63) is 58.7 Å². The largest absolute Gasteiger partial charge is 0.354 e. The van der Waals surface area contributed by atoms with Gasteiger partial charge in [0.15, 0.2) is 0 Å². The minimum atomic E-state index is 0.530. The summed E-state index contributed by atoms with van der Waals surface area (Å²) in [7, 11) is 4.10. The number of hydrogen-bond donors (Lipinski definition) is 2. The van der Waals surface area contributed by atoms with Crippen molar-refractivity contribution >= 4 is 40.7 Å². The van der Waals surface area contributed by atoms with Crippen molar-refractivity contribution in [1.29, 1.82) is 0 Å². The van der Waals surface area contributed by atoms with E-state index in [2.05, 4.69) is 44.6 Å². The Balaban J connectivity index is 1.87. The van der Waals surface area contributed by atoms with E-state index in [1.165, 1.54) is 0 Å². The standard InChI is InChI=1S/C20H22Cl2N6/c1-28(2)11-5-10-24-20-26-18(16-6-3-4-9-23-16)13-19(27-20)25-17-12-14(21)7-8-15(17)22/h3-4,6-9,12-13H,5,10-11H2,1-2H3,(H2,24,25,26,27). The van der Waals surface area contributed by atoms with Crippen molar-refractivity contribution in [1.82, 2.24) is 19.9 Å². The average molecular weight is 417 g/mol. The number of aromatic nitrogens is 3. The lowest BCUT2D eigenvalue weighted by Crippen LogP contribution is -2.17. The maximum absolute atomic E-state index is 6.28. The molecular weight excluding hydrogens is 395 g/mol. The van der Waals surface area contributed by atoms with E-state index in [4.69, 9.17) is 23.2 Å². The van der Waals surface area contributed by atoms with Gasteiger partial charge in [0.25, 0.3) is 0 Å². The Morgan fingerprint density at radius 2 is 1.86 bits per heavy atom. The quantitative estimate of drug-likeness (QED) is 0.506. The summed E-state index contributed by atoms with van der Waals surface area (Å²) in [6, 6.07) is 12.8. The molecule has 0 aliphatic rings. The molecule has 2 heterocycles. The van der Waals surface area contributed by atoms with Crippen LogP contribution in [0, 0.1) is 0 Å². The van der Waals surface area contributed by atoms with Crippen LogP contribution >= 0.6 is 23.2 Å². The maximum atomic E-state index is 6.28. The molecule has 0 bridgehead atoms. The number of nitrogens with zero attached hydrogens (tertiary/aromatic N) is 4. The first kappa shape index (κ1) is 20.3. The topological polar surface area (TPSA) is 66.0 Å². The zero-order valence-corrected chi connectivity index (χ0v) is 17.3. The van der Waals surface area contributed by atoms with Crippen molar-refractivity contribution in [2.45, 2.75) is 6.42 Å². The van der Waals surface area contributed by atoms with Gasteiger partial charge >= 0.3 is 0 Å². The summed E-state index contributed by atoms with van der Waals surface area (Å²) in [5.41, 5.74) is 2.16. The Morgan fingerprint density at radius 1 is 1.00 bits per heavy atom. The Kier molecular flexibility index (Phi) is 7.03. The second-order valence-electron chi connectivity index (χ2n) is 6.51. The molecule has 0 radical (unpaired) electrons. The van der Waals surface area contributed by atoms with Gasteiger partial charge in [-0.1, -0.05) is 29.3 Å². The van der Waals surface area contributed by atoms with Crippen LogP contribution in [0.15, 0.2) is 48.7 Å². The van der Waals surface area contributed by atoms with Crippen LogP contribution in [-0.2, 0) is 0 Å². The maximum Gasteiger partial charge on any atom is 0.225 e. The number of benzene rings is 1. The van der Waals surface area contributed by atoms with Crippen LogP contribution in [0.2, 0.25) is 10.0 Å². The third kappa shape index (κ3) is 5.79. The van der Waals surface area contributed by atoms with Gasteiger partial charge in [-0.3, -0.25) is 4.98 Å². The number of hydrogen-bond acceptors (Lipinski definition) is 6. The number of rotatable bonds is 8. The van der Waals surface area contributed by atoms with Gasteiger partial charge in [0.2, 0.25) is 5.95 Å². The van der Waals surface area contributed by atoms with E-state index in [0.717, 1.165) is 25.2 Å². The highest BCUT2D eigenvalue weighted by Gasteiger charge is 2.10. The molecule has 2 aromatic heterocycles. The van der Waals surface area contributed by atoms with Gasteiger partial charge in [0, 0.05) is 23.8 Å². The zero-order chi connectivity index (χ0) is 19.9. The molecule has 0 unspecified atom stereocenters. The van der Waals surface area contributed by atoms with Crippen LogP contribution in [0.4, 0.5) is 17.5 Å². The van der Waals surface area contributed by atoms with Crippen LogP contribution in [0.5, 0.6) is 0 Å². The third-order valence-electron chi connectivity index (χ3n) is 3.91. The Morgan fingerprint density at radius 3 is 2.61 bits per heavy atom. The molecule has 8 heteroatoms. The number of nitrogens with one attached hydrogen (secondary N) is 2. The fourth-order valence-corrected chi connectivity index (χ4v) is 2.90. The van der Waals surface area contributed by atoms with Crippen LogP contribution in [0.1, 0.15) is 6.42 Å². The van der Waals surface area contributed by atoms with Gasteiger partial charge < -0.3 is 15.5 Å². The molecule has 6 nitrogen and oxygen atoms in total. The van der Waals surface area contributed by atoms with E-state index in [1.54, 1.807) is 24.4 Å². The molecule has 3 rings (SSSR count). The van der Waals surface area contributed by atoms with E-state index in [1.807, 2.05) is 24.3 Å². The van der Waals surface area contributed by atoms with E-state index in [-0.39, 0.29) is 0 Å². The van der Waals surface area contributed by atoms with Gasteiger partial charge in [-0.2, -0.15) is 4.98 Å². The Labute approximate surface area is 174 Å². The van der Waals surface area contributed by atoms with E-state index in [9.17, 15) is 0 Å². The number of pyridine rings is 1. The van der Waals surface area contributed by atoms with E-state index >= 15 is 0 Å². The van der Waals surface area contributed by atoms with Gasteiger partial charge in [0.05, 0.1) is 22.1 Å². The zero-order valence-electron chi connectivity index (χ0n) is 15.8. The molecule has 0 fully saturated rings. The average Bonchev–Trinajstić information content (AvgIpc) is 2.68. The van der Waals surface area contributed by atoms with Crippen molar-refractivity contribution in [2.75, 3.05) is 37.8 Å². The molecule has 0 atom stereocenters. The first-order valence-electron chi connectivity index (χ1n) is 8.92. The fourth-order valence-electron chi connectivity index (χ4n) is 2.56. The first-order valence-corrected chi connectivity index (χ1v) is 9.68. The fraction of sp³-hybridized carbons (Fsp3) is 0.250. The van der Waals surface area contributed by atoms with Crippen LogP contribution in [-0.4, -0.2) is 47.0 Å². The highest BCUT2D eigenvalue weighted by atomic mass is 35.5.